The van der Waals surface area contributed by atoms with Crippen LogP contribution in [0, 0.1) is 5.92 Å². The first-order chi connectivity index (χ1) is 10.6. The lowest BCUT2D eigenvalue weighted by Crippen LogP contribution is -2.39. The molecule has 5 nitrogen and oxygen atoms in total. The van der Waals surface area contributed by atoms with Gasteiger partial charge in [-0.3, -0.25) is 14.3 Å². The summed E-state index contributed by atoms with van der Waals surface area (Å²) < 4.78 is 1.96. The van der Waals surface area contributed by atoms with Crippen LogP contribution in [0.1, 0.15) is 39.1 Å². The molecule has 3 heterocycles. The number of likely N-dealkylation sites (tertiary alicyclic amines) is 1. The average Bonchev–Trinajstić information content (AvgIpc) is 3.18. The lowest BCUT2D eigenvalue weighted by atomic mass is 9.97. The molecule has 0 unspecified atom stereocenters. The van der Waals surface area contributed by atoms with E-state index in [1.807, 2.05) is 21.8 Å². The summed E-state index contributed by atoms with van der Waals surface area (Å²) in [7, 11) is 0. The first kappa shape index (κ1) is 15.0. The number of ketones is 1. The van der Waals surface area contributed by atoms with Crippen LogP contribution in [0.4, 0.5) is 0 Å². The first-order valence-electron chi connectivity index (χ1n) is 7.51. The molecular formula is C16H19N3O2S. The Bertz CT molecular complexity index is 655. The fraction of sp³-hybridized carbons (Fsp3) is 0.438. The van der Waals surface area contributed by atoms with E-state index in [1.165, 1.54) is 18.3 Å². The standard InChI is InChI=1S/C16H19N3O2S/c1-12(20)14-3-4-15(22-14)16(21)18-9-5-13(6-10-18)11-19-8-2-7-17-19/h2-4,7-8,13H,5-6,9-11H2,1H3. The number of aromatic nitrogens is 2. The zero-order valence-electron chi connectivity index (χ0n) is 12.6. The van der Waals surface area contributed by atoms with Crippen LogP contribution in [-0.2, 0) is 6.54 Å². The van der Waals surface area contributed by atoms with E-state index in [9.17, 15) is 9.59 Å². The second kappa shape index (κ2) is 6.44. The number of hydrogen-bond acceptors (Lipinski definition) is 4. The van der Waals surface area contributed by atoms with Crippen LogP contribution in [0.15, 0.2) is 30.6 Å². The molecule has 0 aromatic carbocycles. The zero-order valence-corrected chi connectivity index (χ0v) is 13.4. The minimum atomic E-state index is 0.0157. The summed E-state index contributed by atoms with van der Waals surface area (Å²) in [6.07, 6.45) is 5.77. The largest absolute Gasteiger partial charge is 0.338 e. The van der Waals surface area contributed by atoms with Gasteiger partial charge in [0, 0.05) is 32.0 Å². The van der Waals surface area contributed by atoms with Crippen molar-refractivity contribution in [2.75, 3.05) is 13.1 Å². The molecule has 1 aliphatic rings. The molecule has 0 aliphatic carbocycles. The van der Waals surface area contributed by atoms with Crippen LogP contribution in [0.25, 0.3) is 0 Å². The number of rotatable bonds is 4. The van der Waals surface area contributed by atoms with Gasteiger partial charge in [-0.2, -0.15) is 5.10 Å². The van der Waals surface area contributed by atoms with Crippen LogP contribution in [0.2, 0.25) is 0 Å². The maximum absolute atomic E-state index is 12.5. The van der Waals surface area contributed by atoms with E-state index in [2.05, 4.69) is 5.10 Å². The molecule has 6 heteroatoms. The monoisotopic (exact) mass is 317 g/mol. The third-order valence-corrected chi connectivity index (χ3v) is 5.24. The molecular weight excluding hydrogens is 298 g/mol. The highest BCUT2D eigenvalue weighted by atomic mass is 32.1. The van der Waals surface area contributed by atoms with Gasteiger partial charge >= 0.3 is 0 Å². The number of carbonyl (C=O) groups excluding carboxylic acids is 2. The lowest BCUT2D eigenvalue weighted by molar-refractivity contribution is 0.0686. The fourth-order valence-corrected chi connectivity index (χ4v) is 3.66. The highest BCUT2D eigenvalue weighted by molar-refractivity contribution is 7.15. The summed E-state index contributed by atoms with van der Waals surface area (Å²) in [6, 6.07) is 5.44. The van der Waals surface area contributed by atoms with Crippen molar-refractivity contribution in [2.45, 2.75) is 26.3 Å². The summed E-state index contributed by atoms with van der Waals surface area (Å²) >= 11 is 1.29. The van der Waals surface area contributed by atoms with E-state index in [0.29, 0.717) is 15.7 Å². The minimum Gasteiger partial charge on any atom is -0.338 e. The molecule has 22 heavy (non-hydrogen) atoms. The zero-order chi connectivity index (χ0) is 15.5. The predicted molar refractivity (Wildman–Crippen MR) is 85.2 cm³/mol. The van der Waals surface area contributed by atoms with Crippen molar-refractivity contribution < 1.29 is 9.59 Å². The van der Waals surface area contributed by atoms with Crippen molar-refractivity contribution in [3.05, 3.63) is 40.3 Å². The molecule has 0 N–H and O–H groups in total. The minimum absolute atomic E-state index is 0.0157. The van der Waals surface area contributed by atoms with Gasteiger partial charge in [0.1, 0.15) is 0 Å². The topological polar surface area (TPSA) is 55.2 Å². The maximum atomic E-state index is 12.5. The number of hydrogen-bond donors (Lipinski definition) is 0. The van der Waals surface area contributed by atoms with Crippen molar-refractivity contribution in [3.8, 4) is 0 Å². The van der Waals surface area contributed by atoms with Crippen LogP contribution in [0.5, 0.6) is 0 Å². The van der Waals surface area contributed by atoms with Crippen molar-refractivity contribution >= 4 is 23.0 Å². The Morgan fingerprint density at radius 1 is 1.27 bits per heavy atom. The Balaban J connectivity index is 1.56. The smallest absolute Gasteiger partial charge is 0.263 e. The summed E-state index contributed by atoms with van der Waals surface area (Å²) in [5, 5.41) is 4.24. The molecule has 0 spiro atoms. The van der Waals surface area contributed by atoms with Gasteiger partial charge in [0.15, 0.2) is 5.78 Å². The number of carbonyl (C=O) groups is 2. The first-order valence-corrected chi connectivity index (χ1v) is 8.32. The number of nitrogens with zero attached hydrogens (tertiary/aromatic N) is 3. The fourth-order valence-electron chi connectivity index (χ4n) is 2.79. The molecule has 3 rings (SSSR count). The SMILES string of the molecule is CC(=O)c1ccc(C(=O)N2CCC(Cn3cccn3)CC2)s1. The van der Waals surface area contributed by atoms with E-state index in [1.54, 1.807) is 18.3 Å². The van der Waals surface area contributed by atoms with Crippen LogP contribution in [-0.4, -0.2) is 39.5 Å². The normalized spacial score (nSPS) is 16.0. The van der Waals surface area contributed by atoms with Gasteiger partial charge < -0.3 is 4.90 Å². The third-order valence-electron chi connectivity index (χ3n) is 4.07. The molecule has 1 fully saturated rings. The molecule has 0 radical (unpaired) electrons. The van der Waals surface area contributed by atoms with E-state index >= 15 is 0 Å². The van der Waals surface area contributed by atoms with Gasteiger partial charge in [0.25, 0.3) is 5.91 Å². The molecule has 1 saturated heterocycles. The molecule has 2 aromatic rings. The number of thiophene rings is 1. The van der Waals surface area contributed by atoms with Crippen LogP contribution >= 0.6 is 11.3 Å². The van der Waals surface area contributed by atoms with Crippen molar-refractivity contribution in [2.24, 2.45) is 5.92 Å². The van der Waals surface area contributed by atoms with Gasteiger partial charge in [0.2, 0.25) is 0 Å². The van der Waals surface area contributed by atoms with E-state index in [-0.39, 0.29) is 11.7 Å². The Kier molecular flexibility index (Phi) is 4.38. The average molecular weight is 317 g/mol. The molecule has 0 bridgehead atoms. The summed E-state index contributed by atoms with van der Waals surface area (Å²) in [5.41, 5.74) is 0. The quantitative estimate of drug-likeness (QED) is 0.815. The van der Waals surface area contributed by atoms with Gasteiger partial charge in [-0.15, -0.1) is 11.3 Å². The maximum Gasteiger partial charge on any atom is 0.263 e. The highest BCUT2D eigenvalue weighted by Crippen LogP contribution is 2.23. The van der Waals surface area contributed by atoms with Crippen molar-refractivity contribution in [3.63, 3.8) is 0 Å². The second-order valence-corrected chi connectivity index (χ2v) is 6.77. The molecule has 0 saturated carbocycles. The van der Waals surface area contributed by atoms with Gasteiger partial charge in [-0.1, -0.05) is 0 Å². The Hall–Kier alpha value is -1.95. The number of amides is 1. The van der Waals surface area contributed by atoms with E-state index in [4.69, 9.17) is 0 Å². The summed E-state index contributed by atoms with van der Waals surface area (Å²) in [4.78, 5) is 27.0. The number of piperidine rings is 1. The molecule has 1 amide bonds. The Morgan fingerprint density at radius 3 is 2.59 bits per heavy atom. The molecule has 2 aromatic heterocycles. The van der Waals surface area contributed by atoms with Crippen LogP contribution in [0.3, 0.4) is 0 Å². The van der Waals surface area contributed by atoms with Crippen molar-refractivity contribution in [1.82, 2.24) is 14.7 Å². The van der Waals surface area contributed by atoms with E-state index < -0.39 is 0 Å². The second-order valence-electron chi connectivity index (χ2n) is 5.68. The van der Waals surface area contributed by atoms with Gasteiger partial charge in [0.05, 0.1) is 9.75 Å². The lowest BCUT2D eigenvalue weighted by Gasteiger charge is -2.31. The number of Topliss-reactive ketones (excluding diaryl/α,β-unsaturated/α-hetero) is 1. The predicted octanol–water partition coefficient (Wildman–Crippen LogP) is 2.70. The third kappa shape index (κ3) is 3.27. The van der Waals surface area contributed by atoms with E-state index in [0.717, 1.165) is 32.5 Å². The Labute approximate surface area is 133 Å². The van der Waals surface area contributed by atoms with Gasteiger partial charge in [-0.25, -0.2) is 0 Å². The van der Waals surface area contributed by atoms with Crippen molar-refractivity contribution in [1.29, 1.82) is 0 Å². The summed E-state index contributed by atoms with van der Waals surface area (Å²) in [6.45, 7) is 4.00. The molecule has 116 valence electrons. The Morgan fingerprint density at radius 2 is 2.00 bits per heavy atom. The molecule has 1 aliphatic heterocycles. The highest BCUT2D eigenvalue weighted by Gasteiger charge is 2.25. The summed E-state index contributed by atoms with van der Waals surface area (Å²) in [5.74, 6) is 0.636. The van der Waals surface area contributed by atoms with Crippen LogP contribution < -0.4 is 0 Å². The van der Waals surface area contributed by atoms with Gasteiger partial charge in [-0.05, 0) is 43.9 Å². The molecule has 0 atom stereocenters.